The molecule has 2 rings (SSSR count). The molecule has 0 saturated carbocycles. The Labute approximate surface area is 139 Å². The Hall–Kier alpha value is -0.770. The summed E-state index contributed by atoms with van der Waals surface area (Å²) in [4.78, 5) is 10.1. The number of nitrogens with two attached hydrogens (primary N) is 1. The molecule has 0 radical (unpaired) electrons. The number of rotatable bonds is 4. The van der Waals surface area contributed by atoms with Gasteiger partial charge in [0.2, 0.25) is 5.88 Å². The van der Waals surface area contributed by atoms with E-state index in [1.54, 1.807) is 0 Å². The van der Waals surface area contributed by atoms with Gasteiger partial charge in [-0.1, -0.05) is 0 Å². The molecule has 112 valence electrons. The van der Waals surface area contributed by atoms with Crippen molar-refractivity contribution in [2.75, 3.05) is 37.7 Å². The highest BCUT2D eigenvalue weighted by atomic mass is 127. The van der Waals surface area contributed by atoms with E-state index in [9.17, 15) is 4.39 Å². The Balaban J connectivity index is 0.00000200. The van der Waals surface area contributed by atoms with E-state index < -0.39 is 5.82 Å². The number of guanidine groups is 1. The van der Waals surface area contributed by atoms with Gasteiger partial charge in [0.1, 0.15) is 6.61 Å². The fraction of sp³-hybridized carbons (Fsp3) is 0.500. The van der Waals surface area contributed by atoms with Crippen LogP contribution in [-0.2, 0) is 0 Å². The number of pyridine rings is 1. The third kappa shape index (κ3) is 5.31. The monoisotopic (exact) mass is 412 g/mol. The van der Waals surface area contributed by atoms with Crippen LogP contribution in [0.3, 0.4) is 0 Å². The van der Waals surface area contributed by atoms with Crippen LogP contribution in [0.1, 0.15) is 0 Å². The second-order valence-electron chi connectivity index (χ2n) is 3.98. The lowest BCUT2D eigenvalue weighted by Crippen LogP contribution is -2.42. The molecule has 2 N–H and O–H groups in total. The van der Waals surface area contributed by atoms with E-state index >= 15 is 0 Å². The van der Waals surface area contributed by atoms with Crippen LogP contribution in [0.15, 0.2) is 23.3 Å². The van der Waals surface area contributed by atoms with Crippen molar-refractivity contribution in [3.05, 3.63) is 24.1 Å². The van der Waals surface area contributed by atoms with Gasteiger partial charge in [-0.05, 0) is 12.1 Å². The smallest absolute Gasteiger partial charge is 0.250 e. The van der Waals surface area contributed by atoms with Gasteiger partial charge < -0.3 is 15.4 Å². The summed E-state index contributed by atoms with van der Waals surface area (Å²) in [5.74, 6) is 2.22. The zero-order valence-electron chi connectivity index (χ0n) is 11.0. The summed E-state index contributed by atoms with van der Waals surface area (Å²) in [6.45, 7) is 2.51. The van der Waals surface area contributed by atoms with Crippen molar-refractivity contribution in [1.29, 1.82) is 0 Å². The molecular formula is C12H18FIN4OS. The SMILES string of the molecule is I.NC(=NCCOc1ncccc1F)N1CCSCC1. The van der Waals surface area contributed by atoms with Crippen molar-refractivity contribution in [2.24, 2.45) is 10.7 Å². The highest BCUT2D eigenvalue weighted by Gasteiger charge is 2.11. The Morgan fingerprint density at radius 1 is 1.50 bits per heavy atom. The Morgan fingerprint density at radius 3 is 2.95 bits per heavy atom. The van der Waals surface area contributed by atoms with Crippen LogP contribution in [0.4, 0.5) is 4.39 Å². The van der Waals surface area contributed by atoms with Crippen molar-refractivity contribution in [1.82, 2.24) is 9.88 Å². The number of hydrogen-bond donors (Lipinski definition) is 1. The lowest BCUT2D eigenvalue weighted by Gasteiger charge is -2.27. The van der Waals surface area contributed by atoms with E-state index in [1.807, 2.05) is 11.8 Å². The minimum atomic E-state index is -0.465. The summed E-state index contributed by atoms with van der Waals surface area (Å²) in [5, 5.41) is 0. The second kappa shape index (κ2) is 9.22. The lowest BCUT2D eigenvalue weighted by atomic mass is 10.5. The number of thioether (sulfide) groups is 1. The normalized spacial score (nSPS) is 15.7. The summed E-state index contributed by atoms with van der Waals surface area (Å²) in [7, 11) is 0. The highest BCUT2D eigenvalue weighted by Crippen LogP contribution is 2.11. The maximum Gasteiger partial charge on any atom is 0.250 e. The topological polar surface area (TPSA) is 63.7 Å². The average Bonchev–Trinajstić information content (AvgIpc) is 2.46. The highest BCUT2D eigenvalue weighted by molar-refractivity contribution is 14.0. The van der Waals surface area contributed by atoms with Gasteiger partial charge in [-0.25, -0.2) is 14.4 Å². The first-order valence-electron chi connectivity index (χ1n) is 6.13. The molecule has 8 heteroatoms. The van der Waals surface area contributed by atoms with Gasteiger partial charge in [-0.15, -0.1) is 24.0 Å². The van der Waals surface area contributed by atoms with Gasteiger partial charge >= 0.3 is 0 Å². The molecule has 2 heterocycles. The third-order valence-corrected chi connectivity index (χ3v) is 3.61. The Kier molecular flexibility index (Phi) is 7.97. The van der Waals surface area contributed by atoms with Crippen molar-refractivity contribution in [2.45, 2.75) is 0 Å². The van der Waals surface area contributed by atoms with Gasteiger partial charge in [0, 0.05) is 30.8 Å². The molecule has 5 nitrogen and oxygen atoms in total. The number of nitrogens with zero attached hydrogens (tertiary/aromatic N) is 3. The summed E-state index contributed by atoms with van der Waals surface area (Å²) < 4.78 is 18.4. The maximum absolute atomic E-state index is 13.2. The minimum absolute atomic E-state index is 0. The molecule has 0 aliphatic carbocycles. The van der Waals surface area contributed by atoms with Gasteiger partial charge in [0.15, 0.2) is 11.8 Å². The van der Waals surface area contributed by atoms with Crippen LogP contribution in [0.5, 0.6) is 5.88 Å². The second-order valence-corrected chi connectivity index (χ2v) is 5.20. The number of halogens is 2. The molecule has 1 aliphatic heterocycles. The molecule has 1 saturated heterocycles. The van der Waals surface area contributed by atoms with Gasteiger partial charge in [0.05, 0.1) is 6.54 Å². The first kappa shape index (κ1) is 17.3. The maximum atomic E-state index is 13.2. The molecule has 1 fully saturated rings. The molecular weight excluding hydrogens is 394 g/mol. The predicted octanol–water partition coefficient (Wildman–Crippen LogP) is 1.58. The molecule has 1 aliphatic rings. The summed E-state index contributed by atoms with van der Waals surface area (Å²) >= 11 is 1.92. The molecule has 0 aromatic carbocycles. The third-order valence-electron chi connectivity index (χ3n) is 2.66. The van der Waals surface area contributed by atoms with E-state index in [0.717, 1.165) is 24.6 Å². The van der Waals surface area contributed by atoms with Crippen LogP contribution in [0.25, 0.3) is 0 Å². The summed E-state index contributed by atoms with van der Waals surface area (Å²) in [6, 6.07) is 2.83. The van der Waals surface area contributed by atoms with E-state index in [0.29, 0.717) is 12.5 Å². The molecule has 0 spiro atoms. The van der Waals surface area contributed by atoms with Gasteiger partial charge in [-0.2, -0.15) is 11.8 Å². The average molecular weight is 412 g/mol. The largest absolute Gasteiger partial charge is 0.474 e. The lowest BCUT2D eigenvalue weighted by molar-refractivity contribution is 0.297. The van der Waals surface area contributed by atoms with Crippen LogP contribution in [0, 0.1) is 5.82 Å². The van der Waals surface area contributed by atoms with Crippen LogP contribution < -0.4 is 10.5 Å². The van der Waals surface area contributed by atoms with Crippen LogP contribution in [0.2, 0.25) is 0 Å². The van der Waals surface area contributed by atoms with E-state index in [1.165, 1.54) is 18.3 Å². The molecule has 0 atom stereocenters. The van der Waals surface area contributed by atoms with Crippen LogP contribution in [-0.4, -0.2) is 53.6 Å². The van der Waals surface area contributed by atoms with Crippen molar-refractivity contribution in [3.8, 4) is 5.88 Å². The number of ether oxygens (including phenoxy) is 1. The fourth-order valence-corrected chi connectivity index (χ4v) is 2.58. The number of aliphatic imine (C=N–C) groups is 1. The van der Waals surface area contributed by atoms with Crippen molar-refractivity contribution >= 4 is 41.7 Å². The zero-order valence-corrected chi connectivity index (χ0v) is 14.1. The molecule has 0 unspecified atom stereocenters. The molecule has 20 heavy (non-hydrogen) atoms. The predicted molar refractivity (Wildman–Crippen MR) is 90.5 cm³/mol. The Morgan fingerprint density at radius 2 is 2.25 bits per heavy atom. The first-order valence-corrected chi connectivity index (χ1v) is 7.29. The Bertz CT molecular complexity index is 443. The van der Waals surface area contributed by atoms with E-state index in [2.05, 4.69) is 14.9 Å². The minimum Gasteiger partial charge on any atom is -0.474 e. The van der Waals surface area contributed by atoms with Gasteiger partial charge in [-0.3, -0.25) is 0 Å². The van der Waals surface area contributed by atoms with Crippen molar-refractivity contribution in [3.63, 3.8) is 0 Å². The standard InChI is InChI=1S/C12H17FN4OS.HI/c13-10-2-1-3-15-11(10)18-7-4-16-12(14)17-5-8-19-9-6-17;/h1-3H,4-9H2,(H2,14,16);1H. The summed E-state index contributed by atoms with van der Waals surface area (Å²) in [5.41, 5.74) is 5.88. The van der Waals surface area contributed by atoms with Gasteiger partial charge in [0.25, 0.3) is 0 Å². The molecule has 1 aromatic rings. The zero-order chi connectivity index (χ0) is 13.5. The summed E-state index contributed by atoms with van der Waals surface area (Å²) in [6.07, 6.45) is 1.49. The van der Waals surface area contributed by atoms with E-state index in [-0.39, 0.29) is 36.5 Å². The van der Waals surface area contributed by atoms with Crippen LogP contribution >= 0.6 is 35.7 Å². The number of aromatic nitrogens is 1. The molecule has 1 aromatic heterocycles. The number of hydrogen-bond acceptors (Lipinski definition) is 4. The van der Waals surface area contributed by atoms with Crippen molar-refractivity contribution < 1.29 is 9.13 Å². The van der Waals surface area contributed by atoms with E-state index in [4.69, 9.17) is 10.5 Å². The first-order chi connectivity index (χ1) is 9.27. The fourth-order valence-electron chi connectivity index (χ4n) is 1.67. The molecule has 0 amide bonds. The quantitative estimate of drug-likeness (QED) is 0.352. The molecule has 0 bridgehead atoms.